The highest BCUT2D eigenvalue weighted by atomic mass is 15.2. The predicted octanol–water partition coefficient (Wildman–Crippen LogP) is 1.97. The highest BCUT2D eigenvalue weighted by molar-refractivity contribution is 5.29. The van der Waals surface area contributed by atoms with Crippen LogP contribution in [0, 0.1) is 0 Å². The third-order valence-electron chi connectivity index (χ3n) is 2.66. The molecule has 0 bridgehead atoms. The molecule has 2 fully saturated rings. The zero-order valence-electron chi connectivity index (χ0n) is 6.97. The molecule has 0 aromatic carbocycles. The van der Waals surface area contributed by atoms with Gasteiger partial charge >= 0.3 is 0 Å². The van der Waals surface area contributed by atoms with Crippen molar-refractivity contribution in [2.75, 3.05) is 13.1 Å². The molecule has 0 atom stereocenters. The quantitative estimate of drug-likeness (QED) is 0.551. The van der Waals surface area contributed by atoms with Crippen LogP contribution in [0.5, 0.6) is 0 Å². The van der Waals surface area contributed by atoms with Crippen LogP contribution in [0.2, 0.25) is 0 Å². The normalized spacial score (nSPS) is 27.6. The van der Waals surface area contributed by atoms with Crippen LogP contribution >= 0.6 is 0 Å². The van der Waals surface area contributed by atoms with E-state index in [1.807, 2.05) is 0 Å². The van der Waals surface area contributed by atoms with Gasteiger partial charge in [0.1, 0.15) is 0 Å². The number of likely N-dealkylation sites (tertiary alicyclic amines) is 1. The first-order chi connectivity index (χ1) is 5.27. The zero-order chi connectivity index (χ0) is 7.84. The molecule has 1 saturated heterocycles. The summed E-state index contributed by atoms with van der Waals surface area (Å²) in [4.78, 5) is 2.54. The Morgan fingerprint density at radius 3 is 2.45 bits per heavy atom. The Balaban J connectivity index is 1.96. The maximum absolute atomic E-state index is 4.01. The molecule has 1 aliphatic carbocycles. The van der Waals surface area contributed by atoms with Crippen LogP contribution in [0.1, 0.15) is 19.3 Å². The predicted molar refractivity (Wildman–Crippen MR) is 47.5 cm³/mol. The van der Waals surface area contributed by atoms with Crippen molar-refractivity contribution in [3.05, 3.63) is 24.3 Å². The van der Waals surface area contributed by atoms with Gasteiger partial charge in [-0.25, -0.2) is 0 Å². The van der Waals surface area contributed by atoms with Crippen molar-refractivity contribution in [1.29, 1.82) is 0 Å². The SMILES string of the molecule is C=C1CCN(C2CC2)CC1=C. The van der Waals surface area contributed by atoms with E-state index < -0.39 is 0 Å². The monoisotopic (exact) mass is 149 g/mol. The molecule has 0 aromatic heterocycles. The third kappa shape index (κ3) is 1.38. The molecule has 1 saturated carbocycles. The van der Waals surface area contributed by atoms with Gasteiger partial charge in [0.25, 0.3) is 0 Å². The topological polar surface area (TPSA) is 3.24 Å². The van der Waals surface area contributed by atoms with Gasteiger partial charge in [0, 0.05) is 19.1 Å². The summed E-state index contributed by atoms with van der Waals surface area (Å²) >= 11 is 0. The molecule has 1 heterocycles. The Bertz CT molecular complexity index is 201. The molecule has 0 radical (unpaired) electrons. The maximum Gasteiger partial charge on any atom is 0.0233 e. The van der Waals surface area contributed by atoms with Gasteiger partial charge in [-0.05, 0) is 24.8 Å². The first-order valence-electron chi connectivity index (χ1n) is 4.37. The van der Waals surface area contributed by atoms with Gasteiger partial charge in [-0.2, -0.15) is 0 Å². The van der Waals surface area contributed by atoms with Gasteiger partial charge in [0.15, 0.2) is 0 Å². The Morgan fingerprint density at radius 2 is 1.91 bits per heavy atom. The van der Waals surface area contributed by atoms with E-state index in [2.05, 4.69) is 18.1 Å². The zero-order valence-corrected chi connectivity index (χ0v) is 6.97. The molecule has 0 unspecified atom stereocenters. The first kappa shape index (κ1) is 7.11. The smallest absolute Gasteiger partial charge is 0.0233 e. The lowest BCUT2D eigenvalue weighted by atomic mass is 10.0. The summed E-state index contributed by atoms with van der Waals surface area (Å²) in [7, 11) is 0. The molecule has 2 rings (SSSR count). The van der Waals surface area contributed by atoms with Gasteiger partial charge in [-0.1, -0.05) is 18.7 Å². The molecule has 2 aliphatic rings. The van der Waals surface area contributed by atoms with Gasteiger partial charge in [-0.15, -0.1) is 0 Å². The van der Waals surface area contributed by atoms with E-state index in [0.29, 0.717) is 0 Å². The van der Waals surface area contributed by atoms with Gasteiger partial charge in [0.05, 0.1) is 0 Å². The molecule has 0 aromatic rings. The fourth-order valence-electron chi connectivity index (χ4n) is 1.64. The minimum absolute atomic E-state index is 0.889. The van der Waals surface area contributed by atoms with E-state index in [9.17, 15) is 0 Å². The van der Waals surface area contributed by atoms with Crippen LogP contribution < -0.4 is 0 Å². The molecular weight excluding hydrogens is 134 g/mol. The molecular formula is C10H15N. The van der Waals surface area contributed by atoms with E-state index >= 15 is 0 Å². The molecule has 1 heteroatoms. The van der Waals surface area contributed by atoms with Gasteiger partial charge < -0.3 is 0 Å². The van der Waals surface area contributed by atoms with E-state index in [0.717, 1.165) is 19.0 Å². The van der Waals surface area contributed by atoms with E-state index in [1.54, 1.807) is 0 Å². The van der Waals surface area contributed by atoms with Crippen LogP contribution in [-0.2, 0) is 0 Å². The molecule has 60 valence electrons. The van der Waals surface area contributed by atoms with Crippen LogP contribution in [0.3, 0.4) is 0 Å². The fourth-order valence-corrected chi connectivity index (χ4v) is 1.64. The number of rotatable bonds is 1. The molecule has 1 aliphatic heterocycles. The lowest BCUT2D eigenvalue weighted by Crippen LogP contribution is -2.33. The number of nitrogens with zero attached hydrogens (tertiary/aromatic N) is 1. The number of piperidine rings is 1. The van der Waals surface area contributed by atoms with Gasteiger partial charge in [0.2, 0.25) is 0 Å². The summed E-state index contributed by atoms with van der Waals surface area (Å²) in [6, 6.07) is 0.889. The average Bonchev–Trinajstić information content (AvgIpc) is 2.77. The van der Waals surface area contributed by atoms with Crippen molar-refractivity contribution in [2.24, 2.45) is 0 Å². The van der Waals surface area contributed by atoms with Crippen molar-refractivity contribution in [2.45, 2.75) is 25.3 Å². The van der Waals surface area contributed by atoms with Crippen molar-refractivity contribution >= 4 is 0 Å². The Morgan fingerprint density at radius 1 is 1.18 bits per heavy atom. The minimum Gasteiger partial charge on any atom is -0.296 e. The summed E-state index contributed by atoms with van der Waals surface area (Å²) in [5.74, 6) is 0. The molecule has 1 nitrogen and oxygen atoms in total. The second-order valence-corrected chi connectivity index (χ2v) is 3.66. The van der Waals surface area contributed by atoms with E-state index in [4.69, 9.17) is 0 Å². The van der Waals surface area contributed by atoms with E-state index in [1.165, 1.54) is 30.5 Å². The fraction of sp³-hybridized carbons (Fsp3) is 0.600. The van der Waals surface area contributed by atoms with E-state index in [-0.39, 0.29) is 0 Å². The molecule has 0 spiro atoms. The maximum atomic E-state index is 4.01. The minimum atomic E-state index is 0.889. The largest absolute Gasteiger partial charge is 0.296 e. The Labute approximate surface area is 68.4 Å². The number of hydrogen-bond acceptors (Lipinski definition) is 1. The van der Waals surface area contributed by atoms with Crippen LogP contribution in [0.15, 0.2) is 24.3 Å². The highest BCUT2D eigenvalue weighted by Crippen LogP contribution is 2.31. The van der Waals surface area contributed by atoms with Crippen molar-refractivity contribution in [3.63, 3.8) is 0 Å². The van der Waals surface area contributed by atoms with Crippen molar-refractivity contribution < 1.29 is 0 Å². The van der Waals surface area contributed by atoms with Crippen LogP contribution in [0.25, 0.3) is 0 Å². The average molecular weight is 149 g/mol. The summed E-state index contributed by atoms with van der Waals surface area (Å²) in [5, 5.41) is 0. The Kier molecular flexibility index (Phi) is 1.61. The standard InChI is InChI=1S/C10H15N/c1-8-5-6-11(7-9(8)2)10-3-4-10/h10H,1-7H2. The highest BCUT2D eigenvalue weighted by Gasteiger charge is 2.30. The lowest BCUT2D eigenvalue weighted by molar-refractivity contribution is 0.275. The van der Waals surface area contributed by atoms with Crippen LogP contribution in [-0.4, -0.2) is 24.0 Å². The van der Waals surface area contributed by atoms with Crippen molar-refractivity contribution in [3.8, 4) is 0 Å². The lowest BCUT2D eigenvalue weighted by Gasteiger charge is -2.29. The van der Waals surface area contributed by atoms with Gasteiger partial charge in [-0.3, -0.25) is 4.90 Å². The second kappa shape index (κ2) is 2.49. The molecule has 11 heavy (non-hydrogen) atoms. The number of hydrogen-bond donors (Lipinski definition) is 0. The van der Waals surface area contributed by atoms with Crippen LogP contribution in [0.4, 0.5) is 0 Å². The molecule has 0 amide bonds. The van der Waals surface area contributed by atoms with Crippen molar-refractivity contribution in [1.82, 2.24) is 4.90 Å². The summed E-state index contributed by atoms with van der Waals surface area (Å²) < 4.78 is 0. The Hall–Kier alpha value is -0.560. The molecule has 0 N–H and O–H groups in total. The summed E-state index contributed by atoms with van der Waals surface area (Å²) in [6.45, 7) is 10.3. The summed E-state index contributed by atoms with van der Waals surface area (Å²) in [6.07, 6.45) is 3.94. The third-order valence-corrected chi connectivity index (χ3v) is 2.66. The first-order valence-corrected chi connectivity index (χ1v) is 4.37. The summed E-state index contributed by atoms with van der Waals surface area (Å²) in [5.41, 5.74) is 2.52. The second-order valence-electron chi connectivity index (χ2n) is 3.66.